The summed E-state index contributed by atoms with van der Waals surface area (Å²) in [4.78, 5) is 3.99. The Kier molecular flexibility index (Phi) is 5.28. The number of aryl methyl sites for hydroxylation is 1. The standard InChI is InChI=1S/C15H20F3N5O2/c1-2-23-7-11(5-21-23)25-13-9-24-8-12(13)20-6-14-19-3-4-22(14)10-15(16,17)18/h3-5,7,12-13,20H,2,6,8-10H2,1H3/t12-,13+/m0/s1. The predicted octanol–water partition coefficient (Wildman–Crippen LogP) is 1.60. The minimum Gasteiger partial charge on any atom is -0.483 e. The van der Waals surface area contributed by atoms with Crippen LogP contribution >= 0.6 is 0 Å². The fourth-order valence-corrected chi connectivity index (χ4v) is 2.66. The third-order valence-electron chi connectivity index (χ3n) is 3.92. The van der Waals surface area contributed by atoms with Gasteiger partial charge in [0, 0.05) is 18.9 Å². The molecule has 138 valence electrons. The van der Waals surface area contributed by atoms with Crippen molar-refractivity contribution < 1.29 is 22.6 Å². The van der Waals surface area contributed by atoms with Gasteiger partial charge in [-0.1, -0.05) is 0 Å². The molecule has 1 fully saturated rings. The van der Waals surface area contributed by atoms with Gasteiger partial charge in [0.15, 0.2) is 5.75 Å². The summed E-state index contributed by atoms with van der Waals surface area (Å²) in [6.45, 7) is 2.70. The zero-order valence-electron chi connectivity index (χ0n) is 13.7. The van der Waals surface area contributed by atoms with Gasteiger partial charge in [-0.3, -0.25) is 4.68 Å². The number of hydrogen-bond acceptors (Lipinski definition) is 5. The number of ether oxygens (including phenoxy) is 2. The van der Waals surface area contributed by atoms with Gasteiger partial charge in [-0.2, -0.15) is 18.3 Å². The van der Waals surface area contributed by atoms with Crippen molar-refractivity contribution in [3.8, 4) is 5.75 Å². The highest BCUT2D eigenvalue weighted by Crippen LogP contribution is 2.19. The molecule has 3 rings (SSSR count). The second kappa shape index (κ2) is 7.44. The molecule has 1 saturated heterocycles. The van der Waals surface area contributed by atoms with E-state index in [-0.39, 0.29) is 18.7 Å². The van der Waals surface area contributed by atoms with E-state index < -0.39 is 12.7 Å². The van der Waals surface area contributed by atoms with Crippen LogP contribution in [0.4, 0.5) is 13.2 Å². The Hall–Kier alpha value is -2.07. The van der Waals surface area contributed by atoms with Crippen LogP contribution in [0.5, 0.6) is 5.75 Å². The molecule has 0 amide bonds. The molecule has 0 aliphatic carbocycles. The zero-order valence-corrected chi connectivity index (χ0v) is 13.7. The van der Waals surface area contributed by atoms with Gasteiger partial charge in [0.25, 0.3) is 0 Å². The quantitative estimate of drug-likeness (QED) is 0.813. The van der Waals surface area contributed by atoms with Crippen molar-refractivity contribution in [1.82, 2.24) is 24.6 Å². The third-order valence-corrected chi connectivity index (χ3v) is 3.92. The third kappa shape index (κ3) is 4.73. The Balaban J connectivity index is 1.56. The van der Waals surface area contributed by atoms with E-state index in [4.69, 9.17) is 9.47 Å². The van der Waals surface area contributed by atoms with Crippen molar-refractivity contribution in [2.45, 2.75) is 44.9 Å². The Morgan fingerprint density at radius 2 is 2.24 bits per heavy atom. The Labute approximate surface area is 142 Å². The van der Waals surface area contributed by atoms with Gasteiger partial charge >= 0.3 is 6.18 Å². The SMILES string of the molecule is CCn1cc(O[C@@H]2COC[C@@H]2NCc2nccn2CC(F)(F)F)cn1. The van der Waals surface area contributed by atoms with Crippen LogP contribution in [-0.4, -0.2) is 50.9 Å². The van der Waals surface area contributed by atoms with Crippen LogP contribution in [0, 0.1) is 0 Å². The highest BCUT2D eigenvalue weighted by molar-refractivity contribution is 5.13. The van der Waals surface area contributed by atoms with Gasteiger partial charge in [-0.25, -0.2) is 4.98 Å². The van der Waals surface area contributed by atoms with E-state index in [0.717, 1.165) is 11.1 Å². The maximum absolute atomic E-state index is 12.6. The summed E-state index contributed by atoms with van der Waals surface area (Å²) < 4.78 is 51.8. The van der Waals surface area contributed by atoms with Crippen LogP contribution in [0.1, 0.15) is 12.7 Å². The average molecular weight is 359 g/mol. The van der Waals surface area contributed by atoms with Crippen LogP contribution in [0.3, 0.4) is 0 Å². The molecule has 0 saturated carbocycles. The molecule has 0 radical (unpaired) electrons. The van der Waals surface area contributed by atoms with Gasteiger partial charge in [-0.15, -0.1) is 0 Å². The molecule has 10 heteroatoms. The first kappa shape index (κ1) is 17.7. The summed E-state index contributed by atoms with van der Waals surface area (Å²) in [5.74, 6) is 0.962. The minimum absolute atomic E-state index is 0.138. The van der Waals surface area contributed by atoms with Crippen LogP contribution in [0.2, 0.25) is 0 Å². The van der Waals surface area contributed by atoms with Crippen molar-refractivity contribution in [1.29, 1.82) is 0 Å². The first-order chi connectivity index (χ1) is 11.9. The largest absolute Gasteiger partial charge is 0.483 e. The molecule has 0 bridgehead atoms. The monoisotopic (exact) mass is 359 g/mol. The van der Waals surface area contributed by atoms with E-state index >= 15 is 0 Å². The molecule has 2 aromatic heterocycles. The summed E-state index contributed by atoms with van der Waals surface area (Å²) in [7, 11) is 0. The number of hydrogen-bond donors (Lipinski definition) is 1. The van der Waals surface area contributed by atoms with Crippen LogP contribution in [0.25, 0.3) is 0 Å². The van der Waals surface area contributed by atoms with Crippen molar-refractivity contribution >= 4 is 0 Å². The molecule has 0 aromatic carbocycles. The number of alkyl halides is 3. The summed E-state index contributed by atoms with van der Waals surface area (Å²) in [6, 6.07) is -0.138. The van der Waals surface area contributed by atoms with Gasteiger partial charge < -0.3 is 19.4 Å². The first-order valence-corrected chi connectivity index (χ1v) is 8.01. The zero-order chi connectivity index (χ0) is 17.9. The number of aromatic nitrogens is 4. The highest BCUT2D eigenvalue weighted by atomic mass is 19.4. The lowest BCUT2D eigenvalue weighted by molar-refractivity contribution is -0.141. The Morgan fingerprint density at radius 3 is 2.96 bits per heavy atom. The number of halogens is 3. The second-order valence-corrected chi connectivity index (χ2v) is 5.80. The molecule has 0 spiro atoms. The van der Waals surface area contributed by atoms with E-state index in [9.17, 15) is 13.2 Å². The molecule has 1 aliphatic heterocycles. The van der Waals surface area contributed by atoms with E-state index in [1.165, 1.54) is 12.4 Å². The van der Waals surface area contributed by atoms with E-state index in [1.807, 2.05) is 6.92 Å². The van der Waals surface area contributed by atoms with E-state index in [2.05, 4.69) is 15.4 Å². The summed E-state index contributed by atoms with van der Waals surface area (Å²) in [5, 5.41) is 7.32. The van der Waals surface area contributed by atoms with Crippen molar-refractivity contribution in [3.05, 3.63) is 30.6 Å². The van der Waals surface area contributed by atoms with Crippen molar-refractivity contribution in [2.24, 2.45) is 0 Å². The average Bonchev–Trinajstić information content (AvgIpc) is 3.26. The number of nitrogens with one attached hydrogen (secondary N) is 1. The van der Waals surface area contributed by atoms with Crippen molar-refractivity contribution in [2.75, 3.05) is 13.2 Å². The van der Waals surface area contributed by atoms with E-state index in [0.29, 0.717) is 24.8 Å². The summed E-state index contributed by atoms with van der Waals surface area (Å²) in [5.41, 5.74) is 0. The van der Waals surface area contributed by atoms with Gasteiger partial charge in [-0.05, 0) is 6.92 Å². The van der Waals surface area contributed by atoms with Crippen LogP contribution in [0.15, 0.2) is 24.8 Å². The normalized spacial score (nSPS) is 21.0. The molecule has 7 nitrogen and oxygen atoms in total. The molecule has 1 aliphatic rings. The van der Waals surface area contributed by atoms with E-state index in [1.54, 1.807) is 17.1 Å². The summed E-state index contributed by atoms with van der Waals surface area (Å²) in [6.07, 6.45) is 1.60. The molecular weight excluding hydrogens is 339 g/mol. The maximum Gasteiger partial charge on any atom is 0.406 e. The number of nitrogens with zero attached hydrogens (tertiary/aromatic N) is 4. The Bertz CT molecular complexity index is 685. The molecule has 25 heavy (non-hydrogen) atoms. The van der Waals surface area contributed by atoms with Crippen molar-refractivity contribution in [3.63, 3.8) is 0 Å². The molecule has 0 unspecified atom stereocenters. The van der Waals surface area contributed by atoms with Gasteiger partial charge in [0.1, 0.15) is 18.5 Å². The fourth-order valence-electron chi connectivity index (χ4n) is 2.66. The molecule has 2 aromatic rings. The lowest BCUT2D eigenvalue weighted by atomic mass is 10.2. The fraction of sp³-hybridized carbons (Fsp3) is 0.600. The van der Waals surface area contributed by atoms with Gasteiger partial charge in [0.2, 0.25) is 0 Å². The molecular formula is C15H20F3N5O2. The smallest absolute Gasteiger partial charge is 0.406 e. The number of imidazole rings is 1. The van der Waals surface area contributed by atoms with Gasteiger partial charge in [0.05, 0.1) is 38.2 Å². The minimum atomic E-state index is -4.28. The Morgan fingerprint density at radius 1 is 1.40 bits per heavy atom. The predicted molar refractivity (Wildman–Crippen MR) is 82.0 cm³/mol. The number of rotatable bonds is 7. The van der Waals surface area contributed by atoms with Crippen LogP contribution in [-0.2, 0) is 24.4 Å². The molecule has 2 atom stereocenters. The second-order valence-electron chi connectivity index (χ2n) is 5.80. The lowest BCUT2D eigenvalue weighted by Crippen LogP contribution is -2.42. The highest BCUT2D eigenvalue weighted by Gasteiger charge is 2.31. The maximum atomic E-state index is 12.6. The molecule has 3 heterocycles. The van der Waals surface area contributed by atoms with Crippen LogP contribution < -0.4 is 10.1 Å². The topological polar surface area (TPSA) is 66.1 Å². The summed E-state index contributed by atoms with van der Waals surface area (Å²) >= 11 is 0. The molecule has 1 N–H and O–H groups in total. The first-order valence-electron chi connectivity index (χ1n) is 8.01. The lowest BCUT2D eigenvalue weighted by Gasteiger charge is -2.20.